The SMILES string of the molecule is O=c1c(OCc2ccccc2)c(-c2ncc(Cc3ccc(F)cc3)s2)nc2c(Br)cc(N3CCOCC3)cn12. The van der Waals surface area contributed by atoms with Crippen molar-refractivity contribution in [2.75, 3.05) is 31.2 Å². The Labute approximate surface area is 236 Å². The number of thiazole rings is 1. The molecular formula is C29H24BrFN4O3S. The summed E-state index contributed by atoms with van der Waals surface area (Å²) in [6, 6.07) is 18.1. The molecule has 10 heteroatoms. The van der Waals surface area contributed by atoms with Gasteiger partial charge in [-0.05, 0) is 45.3 Å². The largest absolute Gasteiger partial charge is 0.481 e. The van der Waals surface area contributed by atoms with Gasteiger partial charge in [-0.25, -0.2) is 14.4 Å². The summed E-state index contributed by atoms with van der Waals surface area (Å²) in [7, 11) is 0. The highest BCUT2D eigenvalue weighted by Gasteiger charge is 2.22. The Bertz CT molecular complexity index is 1670. The number of fused-ring (bicyclic) bond motifs is 1. The van der Waals surface area contributed by atoms with Crippen molar-refractivity contribution in [2.45, 2.75) is 13.0 Å². The highest BCUT2D eigenvalue weighted by Crippen LogP contribution is 2.33. The van der Waals surface area contributed by atoms with E-state index in [0.29, 0.717) is 40.5 Å². The summed E-state index contributed by atoms with van der Waals surface area (Å²) in [5, 5.41) is 0.582. The van der Waals surface area contributed by atoms with Gasteiger partial charge in [-0.2, -0.15) is 0 Å². The lowest BCUT2D eigenvalue weighted by atomic mass is 10.1. The van der Waals surface area contributed by atoms with Gasteiger partial charge >= 0.3 is 5.56 Å². The molecule has 0 spiro atoms. The molecule has 1 saturated heterocycles. The predicted molar refractivity (Wildman–Crippen MR) is 153 cm³/mol. The number of halogens is 2. The number of nitrogens with zero attached hydrogens (tertiary/aromatic N) is 4. The molecule has 4 heterocycles. The van der Waals surface area contributed by atoms with E-state index >= 15 is 0 Å². The number of ether oxygens (including phenoxy) is 2. The number of morpholine rings is 1. The smallest absolute Gasteiger partial charge is 0.301 e. The number of aromatic nitrogens is 3. The van der Waals surface area contributed by atoms with E-state index in [4.69, 9.17) is 14.5 Å². The Hall–Kier alpha value is -3.60. The van der Waals surface area contributed by atoms with Crippen molar-refractivity contribution in [2.24, 2.45) is 0 Å². The van der Waals surface area contributed by atoms with Gasteiger partial charge in [-0.3, -0.25) is 9.20 Å². The molecule has 198 valence electrons. The molecule has 0 bridgehead atoms. The molecule has 1 fully saturated rings. The second-order valence-corrected chi connectivity index (χ2v) is 11.1. The topological polar surface area (TPSA) is 69.0 Å². The maximum absolute atomic E-state index is 13.9. The summed E-state index contributed by atoms with van der Waals surface area (Å²) in [6.45, 7) is 2.97. The highest BCUT2D eigenvalue weighted by molar-refractivity contribution is 9.10. The van der Waals surface area contributed by atoms with Gasteiger partial charge in [0, 0.05) is 36.8 Å². The summed E-state index contributed by atoms with van der Waals surface area (Å²) in [5.41, 5.74) is 3.38. The first-order valence-electron chi connectivity index (χ1n) is 12.5. The zero-order valence-electron chi connectivity index (χ0n) is 20.8. The molecular weight excluding hydrogens is 583 g/mol. The third-order valence-corrected chi connectivity index (χ3v) is 8.06. The fourth-order valence-electron chi connectivity index (χ4n) is 4.47. The van der Waals surface area contributed by atoms with Crippen LogP contribution in [0.5, 0.6) is 5.75 Å². The maximum atomic E-state index is 13.9. The van der Waals surface area contributed by atoms with Gasteiger partial charge in [-0.1, -0.05) is 42.5 Å². The Morgan fingerprint density at radius 2 is 1.82 bits per heavy atom. The van der Waals surface area contributed by atoms with E-state index in [-0.39, 0.29) is 23.7 Å². The molecule has 0 radical (unpaired) electrons. The molecule has 0 atom stereocenters. The summed E-state index contributed by atoms with van der Waals surface area (Å²) in [5.74, 6) is -0.128. The van der Waals surface area contributed by atoms with E-state index < -0.39 is 0 Å². The minimum absolute atomic E-state index is 0.144. The molecule has 0 amide bonds. The fourth-order valence-corrected chi connectivity index (χ4v) is 5.92. The Balaban J connectivity index is 1.42. The summed E-state index contributed by atoms with van der Waals surface area (Å²) < 4.78 is 27.2. The first-order valence-corrected chi connectivity index (χ1v) is 14.1. The summed E-state index contributed by atoms with van der Waals surface area (Å²) >= 11 is 5.08. The number of hydrogen-bond acceptors (Lipinski definition) is 7. The van der Waals surface area contributed by atoms with Crippen molar-refractivity contribution in [1.82, 2.24) is 14.4 Å². The van der Waals surface area contributed by atoms with Crippen molar-refractivity contribution in [1.29, 1.82) is 0 Å². The zero-order chi connectivity index (χ0) is 26.8. The van der Waals surface area contributed by atoms with Crippen LogP contribution in [-0.4, -0.2) is 40.7 Å². The van der Waals surface area contributed by atoms with Crippen molar-refractivity contribution in [3.63, 3.8) is 0 Å². The second kappa shape index (κ2) is 11.3. The Morgan fingerprint density at radius 3 is 2.59 bits per heavy atom. The van der Waals surface area contributed by atoms with Crippen LogP contribution in [0.4, 0.5) is 10.1 Å². The predicted octanol–water partition coefficient (Wildman–Crippen LogP) is 5.73. The third kappa shape index (κ3) is 5.59. The normalized spacial score (nSPS) is 13.6. The van der Waals surface area contributed by atoms with Gasteiger partial charge in [0.2, 0.25) is 5.75 Å². The van der Waals surface area contributed by atoms with Crippen molar-refractivity contribution in [3.8, 4) is 16.5 Å². The van der Waals surface area contributed by atoms with E-state index in [1.54, 1.807) is 18.3 Å². The number of anilines is 1. The minimum atomic E-state index is -0.308. The Morgan fingerprint density at radius 1 is 1.05 bits per heavy atom. The van der Waals surface area contributed by atoms with Gasteiger partial charge in [0.1, 0.15) is 23.1 Å². The second-order valence-electron chi connectivity index (χ2n) is 9.14. The van der Waals surface area contributed by atoms with Crippen LogP contribution in [-0.2, 0) is 17.8 Å². The van der Waals surface area contributed by atoms with Crippen LogP contribution in [0.2, 0.25) is 0 Å². The van der Waals surface area contributed by atoms with Crippen LogP contribution in [0, 0.1) is 5.82 Å². The van der Waals surface area contributed by atoms with Crippen LogP contribution in [0.1, 0.15) is 16.0 Å². The maximum Gasteiger partial charge on any atom is 0.301 e. The fraction of sp³-hybridized carbons (Fsp3) is 0.207. The van der Waals surface area contributed by atoms with Gasteiger partial charge in [0.15, 0.2) is 5.65 Å². The molecule has 3 aromatic heterocycles. The molecule has 7 nitrogen and oxygen atoms in total. The van der Waals surface area contributed by atoms with Crippen LogP contribution < -0.4 is 15.2 Å². The molecule has 1 aliphatic rings. The molecule has 2 aromatic carbocycles. The molecule has 1 aliphatic heterocycles. The molecule has 0 saturated carbocycles. The van der Waals surface area contributed by atoms with Crippen LogP contribution in [0.25, 0.3) is 16.3 Å². The molecule has 0 aliphatic carbocycles. The lowest BCUT2D eigenvalue weighted by Gasteiger charge is -2.29. The third-order valence-electron chi connectivity index (χ3n) is 6.47. The van der Waals surface area contributed by atoms with E-state index in [1.807, 2.05) is 42.6 Å². The van der Waals surface area contributed by atoms with Crippen LogP contribution >= 0.6 is 27.3 Å². The average Bonchev–Trinajstić information content (AvgIpc) is 3.43. The quantitative estimate of drug-likeness (QED) is 0.236. The number of hydrogen-bond donors (Lipinski definition) is 0. The van der Waals surface area contributed by atoms with Crippen LogP contribution in [0.15, 0.2) is 82.3 Å². The molecule has 5 aromatic rings. The highest BCUT2D eigenvalue weighted by atomic mass is 79.9. The lowest BCUT2D eigenvalue weighted by Crippen LogP contribution is -2.36. The number of rotatable bonds is 7. The van der Waals surface area contributed by atoms with Gasteiger partial charge < -0.3 is 14.4 Å². The molecule has 0 N–H and O–H groups in total. The first-order chi connectivity index (χ1) is 19.0. The molecule has 0 unspecified atom stereocenters. The lowest BCUT2D eigenvalue weighted by molar-refractivity contribution is 0.122. The first kappa shape index (κ1) is 25.7. The van der Waals surface area contributed by atoms with Gasteiger partial charge in [0.05, 0.1) is 23.4 Å². The summed E-state index contributed by atoms with van der Waals surface area (Å²) in [6.07, 6.45) is 4.17. The van der Waals surface area contributed by atoms with Gasteiger partial charge in [-0.15, -0.1) is 11.3 Å². The van der Waals surface area contributed by atoms with E-state index in [2.05, 4.69) is 25.8 Å². The minimum Gasteiger partial charge on any atom is -0.481 e. The zero-order valence-corrected chi connectivity index (χ0v) is 23.3. The monoisotopic (exact) mass is 606 g/mol. The molecule has 6 rings (SSSR count). The number of benzene rings is 2. The molecule has 39 heavy (non-hydrogen) atoms. The van der Waals surface area contributed by atoms with Crippen molar-refractivity contribution in [3.05, 3.63) is 110 Å². The van der Waals surface area contributed by atoms with Crippen molar-refractivity contribution < 1.29 is 13.9 Å². The summed E-state index contributed by atoms with van der Waals surface area (Å²) in [4.78, 5) is 26.6. The van der Waals surface area contributed by atoms with E-state index in [9.17, 15) is 9.18 Å². The van der Waals surface area contributed by atoms with E-state index in [0.717, 1.165) is 34.8 Å². The number of pyridine rings is 1. The Kier molecular flexibility index (Phi) is 7.40. The average molecular weight is 608 g/mol. The van der Waals surface area contributed by atoms with E-state index in [1.165, 1.54) is 27.9 Å². The van der Waals surface area contributed by atoms with Crippen molar-refractivity contribution >= 4 is 38.6 Å². The van der Waals surface area contributed by atoms with Gasteiger partial charge in [0.25, 0.3) is 0 Å². The van der Waals surface area contributed by atoms with Crippen LogP contribution in [0.3, 0.4) is 0 Å². The standard InChI is InChI=1S/C29H24BrFN4O3S/c30-24-15-22(34-10-12-37-13-11-34)17-35-27(24)33-25(26(29(35)36)38-18-20-4-2-1-3-5-20)28-32-16-23(39-28)14-19-6-8-21(31)9-7-19/h1-9,15-17H,10-14,18H2.